The quantitative estimate of drug-likeness (QED) is 0.395. The molecule has 2 fully saturated rings. The Balaban J connectivity index is 1.30. The number of hydrogen-bond acceptors (Lipinski definition) is 7. The van der Waals surface area contributed by atoms with Crippen LogP contribution in [0.4, 0.5) is 0 Å². The summed E-state index contributed by atoms with van der Waals surface area (Å²) in [5, 5.41) is 8.68. The first-order valence-corrected chi connectivity index (χ1v) is 15.4. The second-order valence-electron chi connectivity index (χ2n) is 9.94. The lowest BCUT2D eigenvalue weighted by atomic mass is 10.1. The summed E-state index contributed by atoms with van der Waals surface area (Å²) in [6, 6.07) is 8.22. The third-order valence-electron chi connectivity index (χ3n) is 7.41. The van der Waals surface area contributed by atoms with Crippen LogP contribution in [0.1, 0.15) is 55.8 Å². The lowest BCUT2D eigenvalue weighted by molar-refractivity contribution is 0.338. The summed E-state index contributed by atoms with van der Waals surface area (Å²) in [5.41, 5.74) is 2.36. The highest BCUT2D eigenvalue weighted by Crippen LogP contribution is 2.35. The van der Waals surface area contributed by atoms with Gasteiger partial charge in [-0.1, -0.05) is 24.1 Å². The molecular formula is C24H29N7O4S2. The SMILES string of the molecule is Cc1ccc(S(=O)(=O)n2ccc3c2ncc2nnc([C@@H]4CC[C@H](NS(=O)(=O)N5CCCCC5)C4)n23)cc1. The summed E-state index contributed by atoms with van der Waals surface area (Å²) in [5.74, 6) is 0.666. The number of nitrogens with zero attached hydrogens (tertiary/aromatic N) is 6. The molecule has 1 N–H and O–H groups in total. The van der Waals surface area contributed by atoms with E-state index in [9.17, 15) is 16.8 Å². The number of benzene rings is 1. The Bertz CT molecular complexity index is 1670. The van der Waals surface area contributed by atoms with Gasteiger partial charge in [0, 0.05) is 31.2 Å². The Hall–Kier alpha value is -2.87. The molecule has 11 nitrogen and oxygen atoms in total. The summed E-state index contributed by atoms with van der Waals surface area (Å²) in [6.07, 6.45) is 7.91. The van der Waals surface area contributed by atoms with Gasteiger partial charge in [0.1, 0.15) is 5.82 Å². The molecule has 1 aliphatic heterocycles. The van der Waals surface area contributed by atoms with Gasteiger partial charge in [0.15, 0.2) is 11.3 Å². The minimum Gasteiger partial charge on any atom is -0.274 e. The zero-order valence-electron chi connectivity index (χ0n) is 20.5. The number of fused-ring (bicyclic) bond motifs is 3. The van der Waals surface area contributed by atoms with E-state index in [1.807, 2.05) is 11.3 Å². The van der Waals surface area contributed by atoms with Gasteiger partial charge < -0.3 is 0 Å². The topological polar surface area (TPSA) is 132 Å². The van der Waals surface area contributed by atoms with Gasteiger partial charge in [-0.25, -0.2) is 17.4 Å². The summed E-state index contributed by atoms with van der Waals surface area (Å²) in [7, 11) is -7.36. The number of piperidine rings is 1. The number of hydrogen-bond donors (Lipinski definition) is 1. The van der Waals surface area contributed by atoms with Gasteiger partial charge in [-0.2, -0.15) is 17.4 Å². The van der Waals surface area contributed by atoms with Crippen molar-refractivity contribution in [3.8, 4) is 0 Å². The molecule has 1 saturated carbocycles. The van der Waals surface area contributed by atoms with Crippen molar-refractivity contribution in [1.29, 1.82) is 0 Å². The highest BCUT2D eigenvalue weighted by atomic mass is 32.2. The summed E-state index contributed by atoms with van der Waals surface area (Å²) in [4.78, 5) is 4.58. The third kappa shape index (κ3) is 4.33. The van der Waals surface area contributed by atoms with E-state index in [1.165, 1.54) is 16.4 Å². The van der Waals surface area contributed by atoms with E-state index in [4.69, 9.17) is 0 Å². The zero-order valence-corrected chi connectivity index (χ0v) is 22.1. The van der Waals surface area contributed by atoms with E-state index in [2.05, 4.69) is 19.9 Å². The summed E-state index contributed by atoms with van der Waals surface area (Å²) >= 11 is 0. The van der Waals surface area contributed by atoms with Crippen LogP contribution in [-0.4, -0.2) is 63.8 Å². The molecule has 13 heteroatoms. The largest absolute Gasteiger partial charge is 0.279 e. The monoisotopic (exact) mass is 543 g/mol. The van der Waals surface area contributed by atoms with Crippen LogP contribution in [0.25, 0.3) is 16.8 Å². The Morgan fingerprint density at radius 3 is 2.46 bits per heavy atom. The van der Waals surface area contributed by atoms with Crippen molar-refractivity contribution < 1.29 is 16.8 Å². The van der Waals surface area contributed by atoms with Crippen LogP contribution in [-0.2, 0) is 20.2 Å². The molecule has 3 aromatic heterocycles. The van der Waals surface area contributed by atoms with Crippen LogP contribution in [0.3, 0.4) is 0 Å². The molecule has 37 heavy (non-hydrogen) atoms. The van der Waals surface area contributed by atoms with E-state index >= 15 is 0 Å². The molecule has 196 valence electrons. The van der Waals surface area contributed by atoms with E-state index < -0.39 is 20.2 Å². The average molecular weight is 544 g/mol. The van der Waals surface area contributed by atoms with Gasteiger partial charge in [0.25, 0.3) is 20.2 Å². The van der Waals surface area contributed by atoms with Crippen molar-refractivity contribution in [2.75, 3.05) is 13.1 Å². The van der Waals surface area contributed by atoms with Crippen molar-refractivity contribution in [2.45, 2.75) is 62.3 Å². The van der Waals surface area contributed by atoms with Gasteiger partial charge in [0.05, 0.1) is 16.6 Å². The van der Waals surface area contributed by atoms with Crippen molar-refractivity contribution in [3.63, 3.8) is 0 Å². The molecule has 4 heterocycles. The first kappa shape index (κ1) is 24.5. The average Bonchev–Trinajstić information content (AvgIpc) is 3.62. The molecule has 6 rings (SSSR count). The number of aromatic nitrogens is 5. The number of aryl methyl sites for hydroxylation is 1. The van der Waals surface area contributed by atoms with Crippen molar-refractivity contribution in [3.05, 3.63) is 54.1 Å². The molecule has 2 aliphatic rings. The molecule has 0 radical (unpaired) electrons. The smallest absolute Gasteiger partial charge is 0.274 e. The van der Waals surface area contributed by atoms with Crippen LogP contribution in [0, 0.1) is 6.92 Å². The van der Waals surface area contributed by atoms with Crippen LogP contribution < -0.4 is 4.72 Å². The Kier molecular flexibility index (Phi) is 6.05. The maximum absolute atomic E-state index is 13.4. The highest BCUT2D eigenvalue weighted by Gasteiger charge is 2.34. The second-order valence-corrected chi connectivity index (χ2v) is 13.5. The highest BCUT2D eigenvalue weighted by molar-refractivity contribution is 7.90. The fourth-order valence-electron chi connectivity index (χ4n) is 5.45. The van der Waals surface area contributed by atoms with Crippen molar-refractivity contribution >= 4 is 37.0 Å². The Morgan fingerprint density at radius 2 is 1.70 bits per heavy atom. The maximum Gasteiger partial charge on any atom is 0.279 e. The lowest BCUT2D eigenvalue weighted by Crippen LogP contribution is -2.46. The molecule has 1 saturated heterocycles. The maximum atomic E-state index is 13.4. The standard InChI is InChI=1S/C24H29N7O4S2/c1-17-5-9-20(10-6-17)36(32,33)30-14-11-21-24(30)25-16-22-26-27-23(31(21)22)18-7-8-19(15-18)28-37(34,35)29-12-3-2-4-13-29/h5-6,9-11,14,16,18-19,28H,2-4,7-8,12-13,15H2,1H3/t18-,19+/m1/s1. The molecule has 2 atom stereocenters. The first-order valence-electron chi connectivity index (χ1n) is 12.5. The molecule has 0 unspecified atom stereocenters. The Labute approximate surface area is 215 Å². The van der Waals surface area contributed by atoms with Gasteiger partial charge in [0.2, 0.25) is 0 Å². The minimum atomic E-state index is -3.84. The zero-order chi connectivity index (χ0) is 25.8. The molecule has 1 aromatic carbocycles. The van der Waals surface area contributed by atoms with Gasteiger partial charge >= 0.3 is 0 Å². The van der Waals surface area contributed by atoms with Crippen molar-refractivity contribution in [2.24, 2.45) is 0 Å². The van der Waals surface area contributed by atoms with E-state index in [1.54, 1.807) is 34.6 Å². The first-order chi connectivity index (χ1) is 17.7. The number of rotatable bonds is 6. The fourth-order valence-corrected chi connectivity index (χ4v) is 8.27. The lowest BCUT2D eigenvalue weighted by Gasteiger charge is -2.27. The van der Waals surface area contributed by atoms with Gasteiger partial charge in [-0.15, -0.1) is 10.2 Å². The van der Waals surface area contributed by atoms with Gasteiger partial charge in [-0.05, 0) is 57.2 Å². The summed E-state index contributed by atoms with van der Waals surface area (Å²) in [6.45, 7) is 3.03. The fraction of sp³-hybridized carbons (Fsp3) is 0.458. The van der Waals surface area contributed by atoms with Gasteiger partial charge in [-0.3, -0.25) is 4.40 Å². The predicted octanol–water partition coefficient (Wildman–Crippen LogP) is 2.58. The van der Waals surface area contributed by atoms with Crippen LogP contribution in [0.2, 0.25) is 0 Å². The van der Waals surface area contributed by atoms with E-state index in [-0.39, 0.29) is 22.5 Å². The van der Waals surface area contributed by atoms with E-state index in [0.29, 0.717) is 42.9 Å². The molecule has 1 aliphatic carbocycles. The van der Waals surface area contributed by atoms with E-state index in [0.717, 1.165) is 31.2 Å². The predicted molar refractivity (Wildman–Crippen MR) is 138 cm³/mol. The normalized spacial score (nSPS) is 21.8. The van der Waals surface area contributed by atoms with Crippen LogP contribution in [0.5, 0.6) is 0 Å². The molecule has 4 aromatic rings. The molecule has 0 spiro atoms. The van der Waals surface area contributed by atoms with Crippen molar-refractivity contribution in [1.82, 2.24) is 32.6 Å². The van der Waals surface area contributed by atoms with Crippen LogP contribution in [0.15, 0.2) is 47.6 Å². The second kappa shape index (κ2) is 9.15. The molecular weight excluding hydrogens is 514 g/mol. The summed E-state index contributed by atoms with van der Waals surface area (Å²) < 4.78 is 59.9. The Morgan fingerprint density at radius 1 is 0.946 bits per heavy atom. The molecule has 0 bridgehead atoms. The number of nitrogens with one attached hydrogen (secondary N) is 1. The molecule has 0 amide bonds. The van der Waals surface area contributed by atoms with Crippen LogP contribution >= 0.6 is 0 Å². The third-order valence-corrected chi connectivity index (χ3v) is 10.8. The minimum absolute atomic E-state index is 0.0216.